The first-order valence-electron chi connectivity index (χ1n) is 17.9. The summed E-state index contributed by atoms with van der Waals surface area (Å²) in [7, 11) is 0. The Bertz CT molecular complexity index is 1270. The van der Waals surface area contributed by atoms with Crippen molar-refractivity contribution in [3.63, 3.8) is 0 Å². The van der Waals surface area contributed by atoms with Gasteiger partial charge in [0.1, 0.15) is 17.7 Å². The largest absolute Gasteiger partial charge is 0.455 e. The smallest absolute Gasteiger partial charge is 0.313 e. The first kappa shape index (κ1) is 37.3. The molecule has 10 heteroatoms. The number of likely N-dealkylation sites (tertiary alicyclic amines) is 1. The summed E-state index contributed by atoms with van der Waals surface area (Å²) in [6.07, 6.45) is 9.72. The van der Waals surface area contributed by atoms with Crippen LogP contribution >= 0.6 is 0 Å². The Morgan fingerprint density at radius 1 is 1.12 bits per heavy atom. The molecule has 3 saturated heterocycles. The molecule has 10 nitrogen and oxygen atoms in total. The van der Waals surface area contributed by atoms with Gasteiger partial charge in [-0.15, -0.1) is 13.2 Å². The zero-order chi connectivity index (χ0) is 34.7. The second-order valence-corrected chi connectivity index (χ2v) is 13.5. The van der Waals surface area contributed by atoms with Gasteiger partial charge in [0, 0.05) is 32.7 Å². The summed E-state index contributed by atoms with van der Waals surface area (Å²) in [5.74, 6) is -2.85. The molecule has 0 unspecified atom stereocenters. The lowest BCUT2D eigenvalue weighted by Crippen LogP contribution is -2.56. The molecule has 2 bridgehead atoms. The number of unbranched alkanes of at least 4 members (excludes halogenated alkanes) is 5. The molecular weight excluding hydrogens is 610 g/mol. The van der Waals surface area contributed by atoms with Crippen molar-refractivity contribution in [1.29, 1.82) is 0 Å². The predicted octanol–water partition coefficient (Wildman–Crippen LogP) is 4.87. The van der Waals surface area contributed by atoms with Crippen LogP contribution in [0.1, 0.15) is 96.1 Å². The highest BCUT2D eigenvalue weighted by atomic mass is 16.6. The number of esters is 1. The second kappa shape index (κ2) is 17.8. The number of nitrogens with zero attached hydrogens (tertiary/aromatic N) is 2. The van der Waals surface area contributed by atoms with Crippen LogP contribution in [0.4, 0.5) is 0 Å². The predicted molar refractivity (Wildman–Crippen MR) is 183 cm³/mol. The van der Waals surface area contributed by atoms with Crippen molar-refractivity contribution < 1.29 is 33.8 Å². The Kier molecular flexibility index (Phi) is 13.8. The van der Waals surface area contributed by atoms with Gasteiger partial charge in [0.05, 0.1) is 24.0 Å². The van der Waals surface area contributed by atoms with Crippen molar-refractivity contribution in [2.75, 3.05) is 26.2 Å². The zero-order valence-electron chi connectivity index (χ0n) is 28.8. The monoisotopic (exact) mass is 665 g/mol. The number of nitrogens with one attached hydrogen (secondary N) is 1. The number of ether oxygens (including phenoxy) is 2. The van der Waals surface area contributed by atoms with Crippen LogP contribution in [0.25, 0.3) is 0 Å². The molecule has 4 rings (SSSR count). The van der Waals surface area contributed by atoms with E-state index in [1.165, 1.54) is 0 Å². The Morgan fingerprint density at radius 3 is 2.56 bits per heavy atom. The molecule has 3 heterocycles. The van der Waals surface area contributed by atoms with Crippen molar-refractivity contribution >= 4 is 23.7 Å². The van der Waals surface area contributed by atoms with Crippen molar-refractivity contribution in [1.82, 2.24) is 15.1 Å². The normalized spacial score (nSPS) is 25.3. The molecule has 0 radical (unpaired) electrons. The van der Waals surface area contributed by atoms with Crippen LogP contribution in [0.2, 0.25) is 0 Å². The van der Waals surface area contributed by atoms with E-state index in [1.54, 1.807) is 28.9 Å². The lowest BCUT2D eigenvalue weighted by molar-refractivity contribution is -0.162. The molecule has 48 heavy (non-hydrogen) atoms. The summed E-state index contributed by atoms with van der Waals surface area (Å²) < 4.78 is 12.9. The van der Waals surface area contributed by atoms with Crippen molar-refractivity contribution in [3.05, 3.63) is 61.2 Å². The highest BCUT2D eigenvalue weighted by molar-refractivity contribution is 5.98. The van der Waals surface area contributed by atoms with Gasteiger partial charge in [0.2, 0.25) is 17.7 Å². The standard InChI is InChI=1S/C38H55N3O7/c1-5-8-15-24-40(23-7-3)36(45)34-38-22-21-29(48-38)31(32(38)35(44)41(34)25-16-10-11-17-26-42)37(46)47-33(28-18-13-12-14-19-28)27(4)39-30(43)20-9-6-2/h6-7,12-14,18-19,27,29,31-34,42H,2-3,5,8-11,15-17,20-26H2,1,4H3,(H,39,43)/t27-,29+,31-,32-,33-,34+,38-/m0/s1. The van der Waals surface area contributed by atoms with Gasteiger partial charge in [-0.25, -0.2) is 0 Å². The maximum atomic E-state index is 14.5. The molecule has 3 amide bonds. The average Bonchev–Trinajstić information content (AvgIpc) is 3.73. The van der Waals surface area contributed by atoms with Crippen LogP contribution in [0, 0.1) is 11.8 Å². The third-order valence-corrected chi connectivity index (χ3v) is 10.1. The number of hydrogen-bond acceptors (Lipinski definition) is 7. The van der Waals surface area contributed by atoms with Gasteiger partial charge in [0.15, 0.2) is 0 Å². The van der Waals surface area contributed by atoms with Gasteiger partial charge in [0.25, 0.3) is 0 Å². The maximum absolute atomic E-state index is 14.5. The summed E-state index contributed by atoms with van der Waals surface area (Å²) in [4.78, 5) is 59.2. The molecule has 1 spiro atoms. The van der Waals surface area contributed by atoms with Gasteiger partial charge in [-0.1, -0.05) is 75.1 Å². The molecule has 7 atom stereocenters. The Balaban J connectivity index is 1.62. The topological polar surface area (TPSA) is 125 Å². The number of fused-ring (bicyclic) bond motifs is 1. The lowest BCUT2D eigenvalue weighted by atomic mass is 9.70. The van der Waals surface area contributed by atoms with Crippen LogP contribution in [0.5, 0.6) is 0 Å². The first-order chi connectivity index (χ1) is 23.2. The number of hydrogen-bond donors (Lipinski definition) is 2. The van der Waals surface area contributed by atoms with Crippen molar-refractivity contribution in [2.24, 2.45) is 11.8 Å². The molecule has 1 aromatic rings. The Hall–Kier alpha value is -3.50. The van der Waals surface area contributed by atoms with Crippen LogP contribution in [0.3, 0.4) is 0 Å². The third kappa shape index (κ3) is 8.20. The highest BCUT2D eigenvalue weighted by Crippen LogP contribution is 2.59. The van der Waals surface area contributed by atoms with Crippen LogP contribution < -0.4 is 5.32 Å². The first-order valence-corrected chi connectivity index (χ1v) is 17.9. The Labute approximate surface area is 285 Å². The summed E-state index contributed by atoms with van der Waals surface area (Å²) >= 11 is 0. The summed E-state index contributed by atoms with van der Waals surface area (Å²) in [6, 6.07) is 7.89. The Morgan fingerprint density at radius 2 is 1.88 bits per heavy atom. The van der Waals surface area contributed by atoms with Crippen molar-refractivity contribution in [3.8, 4) is 0 Å². The maximum Gasteiger partial charge on any atom is 0.313 e. The number of aliphatic hydroxyl groups excluding tert-OH is 1. The summed E-state index contributed by atoms with van der Waals surface area (Å²) in [5.41, 5.74) is -0.395. The number of carbonyl (C=O) groups excluding carboxylic acids is 4. The third-order valence-electron chi connectivity index (χ3n) is 10.1. The number of amides is 3. The minimum Gasteiger partial charge on any atom is -0.455 e. The highest BCUT2D eigenvalue weighted by Gasteiger charge is 2.75. The van der Waals surface area contributed by atoms with Gasteiger partial charge < -0.3 is 29.7 Å². The molecule has 2 N–H and O–H groups in total. The van der Waals surface area contributed by atoms with E-state index in [1.807, 2.05) is 30.3 Å². The lowest BCUT2D eigenvalue weighted by Gasteiger charge is -2.37. The second-order valence-electron chi connectivity index (χ2n) is 13.5. The van der Waals surface area contributed by atoms with E-state index in [0.717, 1.165) is 37.7 Å². The summed E-state index contributed by atoms with van der Waals surface area (Å²) in [5, 5.41) is 12.2. The van der Waals surface area contributed by atoms with Crippen LogP contribution in [0.15, 0.2) is 55.6 Å². The molecule has 0 aliphatic carbocycles. The number of rotatable bonds is 21. The molecule has 0 aromatic heterocycles. The minimum atomic E-state index is -1.12. The molecular formula is C38H55N3O7. The quantitative estimate of drug-likeness (QED) is 0.109. The van der Waals surface area contributed by atoms with Gasteiger partial charge in [-0.3, -0.25) is 19.2 Å². The zero-order valence-corrected chi connectivity index (χ0v) is 28.8. The molecule has 1 aromatic carbocycles. The van der Waals surface area contributed by atoms with E-state index in [-0.39, 0.29) is 30.7 Å². The fourth-order valence-corrected chi connectivity index (χ4v) is 7.80. The van der Waals surface area contributed by atoms with E-state index in [2.05, 4.69) is 25.4 Å². The van der Waals surface area contributed by atoms with Gasteiger partial charge >= 0.3 is 5.97 Å². The average molecular weight is 666 g/mol. The van der Waals surface area contributed by atoms with Crippen LogP contribution in [-0.4, -0.2) is 88.6 Å². The number of aliphatic hydroxyl groups is 1. The number of allylic oxidation sites excluding steroid dienone is 1. The van der Waals surface area contributed by atoms with E-state index < -0.39 is 47.7 Å². The molecule has 3 aliphatic rings. The fourth-order valence-electron chi connectivity index (χ4n) is 7.80. The van der Waals surface area contributed by atoms with Gasteiger partial charge in [-0.2, -0.15) is 0 Å². The number of benzene rings is 1. The molecule has 264 valence electrons. The SMILES string of the molecule is C=CCCC(=O)N[C@@H](C)[C@H](OC(=O)[C@@H]1[C@H]2C(=O)N(CCCCCCO)[C@H](C(=O)N(CC=C)CCCCC)[C@]23CC[C@H]1O3)c1ccccc1. The fraction of sp³-hybridized carbons (Fsp3) is 0.632. The van der Waals surface area contributed by atoms with E-state index in [9.17, 15) is 24.3 Å². The molecule has 3 fully saturated rings. The van der Waals surface area contributed by atoms with E-state index >= 15 is 0 Å². The van der Waals surface area contributed by atoms with E-state index in [0.29, 0.717) is 51.7 Å². The molecule has 0 saturated carbocycles. The summed E-state index contributed by atoms with van der Waals surface area (Å²) in [6.45, 7) is 12.9. The molecule has 3 aliphatic heterocycles. The van der Waals surface area contributed by atoms with E-state index in [4.69, 9.17) is 9.47 Å². The van der Waals surface area contributed by atoms with Gasteiger partial charge in [-0.05, 0) is 51.0 Å². The minimum absolute atomic E-state index is 0.114. The number of carbonyl (C=O) groups is 4. The van der Waals surface area contributed by atoms with Crippen molar-refractivity contribution in [2.45, 2.75) is 114 Å². The van der Waals surface area contributed by atoms with Crippen LogP contribution in [-0.2, 0) is 28.7 Å².